The minimum absolute atomic E-state index is 0.0713. The van der Waals surface area contributed by atoms with Crippen LogP contribution in [0.3, 0.4) is 0 Å². The molecule has 4 N–H and O–H groups in total. The standard InChI is InChI=1S/C34H36Cl2FN7O3/c1-46-34-21(17-38-19-23-6-8-28(45)42-23)5-7-26(44-34)24-10-14-39-32(30(24)36)25-3-2-4-27(29(25)35)43-33-31(37)20(9-13-40-33)18-41-22-11-15-47-16-12-22/h2-5,7,9-10,13-14,22-23,38,41H,6,8,11-12,15-19H2,1H3,(H,40,43)(H,42,45)/t23-/m0/s1. The predicted octanol–water partition coefficient (Wildman–Crippen LogP) is 6.04. The van der Waals surface area contributed by atoms with Crippen molar-refractivity contribution in [2.75, 3.05) is 32.2 Å². The molecule has 13 heteroatoms. The molecule has 47 heavy (non-hydrogen) atoms. The molecule has 2 aliphatic heterocycles. The zero-order valence-corrected chi connectivity index (χ0v) is 27.4. The number of aromatic nitrogens is 3. The van der Waals surface area contributed by atoms with E-state index in [0.717, 1.165) is 24.8 Å². The van der Waals surface area contributed by atoms with Gasteiger partial charge in [-0.25, -0.2) is 14.4 Å². The highest BCUT2D eigenvalue weighted by Gasteiger charge is 2.22. The summed E-state index contributed by atoms with van der Waals surface area (Å²) in [6, 6.07) is 13.0. The lowest BCUT2D eigenvalue weighted by Gasteiger charge is -2.23. The first kappa shape index (κ1) is 33.0. The zero-order valence-electron chi connectivity index (χ0n) is 25.9. The van der Waals surface area contributed by atoms with Crippen LogP contribution in [0.4, 0.5) is 15.9 Å². The Morgan fingerprint density at radius 2 is 1.81 bits per heavy atom. The topological polar surface area (TPSA) is 122 Å². The summed E-state index contributed by atoms with van der Waals surface area (Å²) in [5.41, 5.74) is 4.10. The number of hydrogen-bond acceptors (Lipinski definition) is 9. The third kappa shape index (κ3) is 7.82. The molecule has 0 radical (unpaired) electrons. The predicted molar refractivity (Wildman–Crippen MR) is 181 cm³/mol. The lowest BCUT2D eigenvalue weighted by molar-refractivity contribution is -0.119. The van der Waals surface area contributed by atoms with Crippen LogP contribution >= 0.6 is 23.2 Å². The molecule has 2 fully saturated rings. The smallest absolute Gasteiger partial charge is 0.220 e. The fraction of sp³-hybridized carbons (Fsp3) is 0.353. The maximum absolute atomic E-state index is 15.5. The van der Waals surface area contributed by atoms with Gasteiger partial charge in [0.15, 0.2) is 11.6 Å². The average molecular weight is 681 g/mol. The summed E-state index contributed by atoms with van der Waals surface area (Å²) in [5, 5.41) is 13.5. The number of benzene rings is 1. The van der Waals surface area contributed by atoms with E-state index >= 15 is 4.39 Å². The van der Waals surface area contributed by atoms with Crippen LogP contribution in [-0.4, -0.2) is 59.8 Å². The summed E-state index contributed by atoms with van der Waals surface area (Å²) in [6.45, 7) is 2.98. The van der Waals surface area contributed by atoms with Crippen LogP contribution in [-0.2, 0) is 22.6 Å². The molecule has 0 aliphatic carbocycles. The number of ether oxygens (including phenoxy) is 2. The number of methoxy groups -OCH3 is 1. The molecule has 1 aromatic carbocycles. The Morgan fingerprint density at radius 1 is 0.979 bits per heavy atom. The quantitative estimate of drug-likeness (QED) is 0.142. The van der Waals surface area contributed by atoms with Gasteiger partial charge in [0.1, 0.15) is 0 Å². The van der Waals surface area contributed by atoms with E-state index in [2.05, 4.69) is 31.2 Å². The SMILES string of the molecule is COc1nc(-c2ccnc(-c3cccc(Nc4nccc(CNC5CCOCC5)c4F)c3Cl)c2Cl)ccc1CNC[C@@H]1CCC(=O)N1. The van der Waals surface area contributed by atoms with E-state index < -0.39 is 5.82 Å². The van der Waals surface area contributed by atoms with Gasteiger partial charge in [-0.1, -0.05) is 41.4 Å². The van der Waals surface area contributed by atoms with Gasteiger partial charge in [0, 0.05) is 86.0 Å². The molecule has 5 heterocycles. The van der Waals surface area contributed by atoms with Gasteiger partial charge >= 0.3 is 0 Å². The second kappa shape index (κ2) is 15.4. The van der Waals surface area contributed by atoms with Crippen molar-refractivity contribution in [3.63, 3.8) is 0 Å². The van der Waals surface area contributed by atoms with Crippen LogP contribution in [0.25, 0.3) is 22.5 Å². The van der Waals surface area contributed by atoms with Gasteiger partial charge in [0.05, 0.1) is 34.2 Å². The summed E-state index contributed by atoms with van der Waals surface area (Å²) < 4.78 is 26.5. The van der Waals surface area contributed by atoms with E-state index in [1.54, 1.807) is 49.8 Å². The monoisotopic (exact) mass is 679 g/mol. The molecule has 2 saturated heterocycles. The lowest BCUT2D eigenvalue weighted by atomic mass is 10.1. The van der Waals surface area contributed by atoms with Gasteiger partial charge in [0.2, 0.25) is 11.8 Å². The number of carbonyl (C=O) groups excluding carboxylic acids is 1. The Bertz CT molecular complexity index is 1740. The average Bonchev–Trinajstić information content (AvgIpc) is 3.51. The number of rotatable bonds is 12. The Labute approximate surface area is 282 Å². The highest BCUT2D eigenvalue weighted by molar-refractivity contribution is 6.39. The number of nitrogens with one attached hydrogen (secondary N) is 4. The summed E-state index contributed by atoms with van der Waals surface area (Å²) >= 11 is 13.8. The summed E-state index contributed by atoms with van der Waals surface area (Å²) in [4.78, 5) is 25.0. The van der Waals surface area contributed by atoms with Gasteiger partial charge in [-0.15, -0.1) is 0 Å². The molecule has 4 aromatic rings. The molecule has 1 atom stereocenters. The molecule has 0 bridgehead atoms. The van der Waals surface area contributed by atoms with Gasteiger partial charge in [0.25, 0.3) is 0 Å². The van der Waals surface area contributed by atoms with E-state index in [4.69, 9.17) is 37.7 Å². The molecule has 3 aromatic heterocycles. The van der Waals surface area contributed by atoms with Crippen molar-refractivity contribution < 1.29 is 18.7 Å². The van der Waals surface area contributed by atoms with Crippen molar-refractivity contribution in [3.8, 4) is 28.4 Å². The molecular weight excluding hydrogens is 644 g/mol. The van der Waals surface area contributed by atoms with Gasteiger partial charge in [-0.2, -0.15) is 0 Å². The molecule has 0 spiro atoms. The first-order valence-electron chi connectivity index (χ1n) is 15.6. The second-order valence-electron chi connectivity index (χ2n) is 11.5. The Kier molecular flexibility index (Phi) is 10.8. The number of hydrogen-bond donors (Lipinski definition) is 4. The third-order valence-electron chi connectivity index (χ3n) is 8.37. The molecule has 0 unspecified atom stereocenters. The minimum atomic E-state index is -0.448. The molecule has 10 nitrogen and oxygen atoms in total. The maximum atomic E-state index is 15.5. The van der Waals surface area contributed by atoms with Crippen LogP contribution in [0.1, 0.15) is 36.8 Å². The van der Waals surface area contributed by atoms with Gasteiger partial charge in [-0.05, 0) is 43.5 Å². The van der Waals surface area contributed by atoms with E-state index in [0.29, 0.717) is 89.0 Å². The van der Waals surface area contributed by atoms with Crippen molar-refractivity contribution >= 4 is 40.6 Å². The summed E-state index contributed by atoms with van der Waals surface area (Å²) in [6.07, 6.45) is 6.39. The van der Waals surface area contributed by atoms with Crippen LogP contribution in [0.5, 0.6) is 5.88 Å². The van der Waals surface area contributed by atoms with Gasteiger partial charge in [-0.3, -0.25) is 9.78 Å². The zero-order chi connectivity index (χ0) is 32.8. The van der Waals surface area contributed by atoms with E-state index in [1.165, 1.54) is 0 Å². The molecule has 1 amide bonds. The normalized spacial score (nSPS) is 16.7. The highest BCUT2D eigenvalue weighted by atomic mass is 35.5. The third-order valence-corrected chi connectivity index (χ3v) is 9.16. The van der Waals surface area contributed by atoms with Crippen molar-refractivity contribution in [1.29, 1.82) is 0 Å². The highest BCUT2D eigenvalue weighted by Crippen LogP contribution is 2.41. The fourth-order valence-electron chi connectivity index (χ4n) is 5.77. The Hall–Kier alpha value is -3.87. The van der Waals surface area contributed by atoms with Gasteiger partial charge < -0.3 is 30.7 Å². The summed E-state index contributed by atoms with van der Waals surface area (Å²) in [5.74, 6) is 0.172. The van der Waals surface area contributed by atoms with E-state index in [-0.39, 0.29) is 23.8 Å². The number of halogens is 3. The number of carbonyl (C=O) groups is 1. The largest absolute Gasteiger partial charge is 0.481 e. The maximum Gasteiger partial charge on any atom is 0.220 e. The van der Waals surface area contributed by atoms with Crippen LogP contribution in [0.15, 0.2) is 54.9 Å². The van der Waals surface area contributed by atoms with Crippen LogP contribution in [0, 0.1) is 5.82 Å². The first-order chi connectivity index (χ1) is 22.9. The Balaban J connectivity index is 1.19. The van der Waals surface area contributed by atoms with Crippen molar-refractivity contribution in [3.05, 3.63) is 81.8 Å². The van der Waals surface area contributed by atoms with Crippen molar-refractivity contribution in [2.24, 2.45) is 0 Å². The second-order valence-corrected chi connectivity index (χ2v) is 12.3. The number of anilines is 2. The molecule has 6 rings (SSSR count). The van der Waals surface area contributed by atoms with Crippen molar-refractivity contribution in [1.82, 2.24) is 30.9 Å². The first-order valence-corrected chi connectivity index (χ1v) is 16.4. The lowest BCUT2D eigenvalue weighted by Crippen LogP contribution is -2.35. The van der Waals surface area contributed by atoms with E-state index in [9.17, 15) is 4.79 Å². The Morgan fingerprint density at radius 3 is 2.60 bits per heavy atom. The molecular formula is C34H36Cl2FN7O3. The molecule has 2 aliphatic rings. The number of pyridine rings is 3. The van der Waals surface area contributed by atoms with Crippen LogP contribution in [0.2, 0.25) is 10.0 Å². The van der Waals surface area contributed by atoms with E-state index in [1.807, 2.05) is 12.1 Å². The summed E-state index contributed by atoms with van der Waals surface area (Å²) in [7, 11) is 1.57. The minimum Gasteiger partial charge on any atom is -0.481 e. The molecule has 246 valence electrons. The van der Waals surface area contributed by atoms with Crippen LogP contribution < -0.4 is 26.0 Å². The number of nitrogens with zero attached hydrogens (tertiary/aromatic N) is 3. The fourth-order valence-corrected chi connectivity index (χ4v) is 6.35. The van der Waals surface area contributed by atoms with Crippen molar-refractivity contribution in [2.45, 2.75) is 50.9 Å². The number of amides is 1. The molecule has 0 saturated carbocycles.